The van der Waals surface area contributed by atoms with Crippen molar-refractivity contribution in [2.75, 3.05) is 0 Å². The first-order valence-electron chi connectivity index (χ1n) is 7.96. The van der Waals surface area contributed by atoms with Gasteiger partial charge in [-0.05, 0) is 34.0 Å². The van der Waals surface area contributed by atoms with Crippen molar-refractivity contribution in [1.29, 1.82) is 0 Å². The Morgan fingerprint density at radius 3 is 1.83 bits per heavy atom. The molecule has 0 saturated carbocycles. The van der Waals surface area contributed by atoms with Gasteiger partial charge in [0.25, 0.3) is 0 Å². The highest BCUT2D eigenvalue weighted by molar-refractivity contribution is 6.25. The van der Waals surface area contributed by atoms with E-state index >= 15 is 0 Å². The minimum atomic E-state index is 1.23. The van der Waals surface area contributed by atoms with Crippen molar-refractivity contribution in [1.82, 2.24) is 0 Å². The van der Waals surface area contributed by atoms with Crippen LogP contribution >= 0.6 is 0 Å². The lowest BCUT2D eigenvalue weighted by Crippen LogP contribution is -2.20. The Hall–Kier alpha value is -2.93. The number of hydrogen-bond acceptors (Lipinski definition) is 0. The smallest absolute Gasteiger partial charge is 0.167 e. The van der Waals surface area contributed by atoms with Gasteiger partial charge in [0.1, 0.15) is 0 Å². The molecule has 0 aliphatic rings. The van der Waals surface area contributed by atoms with Gasteiger partial charge in [0.05, 0.1) is 5.39 Å². The number of aromatic nitrogens is 1. The zero-order valence-electron chi connectivity index (χ0n) is 13.0. The molecule has 23 heavy (non-hydrogen) atoms. The van der Waals surface area contributed by atoms with Crippen LogP contribution in [0.3, 0.4) is 0 Å². The number of aryl methyl sites for hydroxylation is 1. The zero-order valence-corrected chi connectivity index (χ0v) is 13.0. The molecule has 0 aliphatic heterocycles. The second-order valence-corrected chi connectivity index (χ2v) is 6.23. The highest BCUT2D eigenvalue weighted by Gasteiger charge is 2.12. The largest absolute Gasteiger partial charge is 0.211 e. The summed E-state index contributed by atoms with van der Waals surface area (Å²) in [7, 11) is 0. The molecule has 3 aromatic carbocycles. The molecule has 0 spiro atoms. The maximum Gasteiger partial charge on any atom is 0.211 e. The molecule has 2 aromatic heterocycles. The van der Waals surface area contributed by atoms with Crippen LogP contribution < -0.4 is 4.40 Å². The van der Waals surface area contributed by atoms with Crippen molar-refractivity contribution in [3.8, 4) is 0 Å². The summed E-state index contributed by atoms with van der Waals surface area (Å²) in [6.07, 6.45) is 4.41. The Kier molecular flexibility index (Phi) is 2.48. The number of pyridine rings is 2. The summed E-state index contributed by atoms with van der Waals surface area (Å²) in [4.78, 5) is 0. The first kappa shape index (κ1) is 12.6. The van der Waals surface area contributed by atoms with Crippen LogP contribution in [0, 0.1) is 6.92 Å². The second kappa shape index (κ2) is 4.53. The third-order valence-corrected chi connectivity index (χ3v) is 4.75. The molecule has 1 nitrogen and oxygen atoms in total. The molecule has 0 unspecified atom stereocenters. The van der Waals surface area contributed by atoms with Crippen LogP contribution in [-0.2, 0) is 0 Å². The van der Waals surface area contributed by atoms with Crippen molar-refractivity contribution >= 4 is 37.8 Å². The van der Waals surface area contributed by atoms with Crippen molar-refractivity contribution in [2.45, 2.75) is 6.92 Å². The number of rotatable bonds is 0. The molecule has 0 N–H and O–H groups in total. The van der Waals surface area contributed by atoms with E-state index in [2.05, 4.69) is 90.4 Å². The molecule has 5 rings (SSSR count). The Morgan fingerprint density at radius 2 is 1.17 bits per heavy atom. The quantitative estimate of drug-likeness (QED) is 0.210. The molecule has 5 aromatic rings. The number of nitrogens with zero attached hydrogens (tertiary/aromatic N) is 1. The van der Waals surface area contributed by atoms with Crippen molar-refractivity contribution in [3.63, 3.8) is 0 Å². The fraction of sp³-hybridized carbons (Fsp3) is 0.0455. The lowest BCUT2D eigenvalue weighted by atomic mass is 9.95. The molecule has 108 valence electrons. The minimum absolute atomic E-state index is 1.23. The van der Waals surface area contributed by atoms with E-state index in [4.69, 9.17) is 0 Å². The molecule has 1 heteroatoms. The first-order valence-corrected chi connectivity index (χ1v) is 7.96. The van der Waals surface area contributed by atoms with Gasteiger partial charge in [-0.2, -0.15) is 4.40 Å². The number of hydrogen-bond donors (Lipinski definition) is 0. The molecule has 0 amide bonds. The molecule has 2 heterocycles. The number of fused-ring (bicyclic) bond motifs is 7. The van der Waals surface area contributed by atoms with Crippen molar-refractivity contribution in [3.05, 3.63) is 84.7 Å². The standard InChI is InChI=1S/C22H16N/c1-15-10-11-23-14-22-20-9-5-3-7-18(20)17-6-2-4-8-19(17)21(22)13-16(23)12-15/h2-14H,1H3/q+1. The van der Waals surface area contributed by atoms with E-state index < -0.39 is 0 Å². The Balaban J connectivity index is 2.14. The molecule has 0 radical (unpaired) electrons. The fourth-order valence-electron chi connectivity index (χ4n) is 3.65. The van der Waals surface area contributed by atoms with E-state index in [1.807, 2.05) is 0 Å². The molecule has 0 bridgehead atoms. The third kappa shape index (κ3) is 1.77. The van der Waals surface area contributed by atoms with E-state index in [0.717, 1.165) is 0 Å². The summed E-state index contributed by atoms with van der Waals surface area (Å²) < 4.78 is 2.22. The zero-order chi connectivity index (χ0) is 15.4. The second-order valence-electron chi connectivity index (χ2n) is 6.23. The summed E-state index contributed by atoms with van der Waals surface area (Å²) in [6.45, 7) is 2.14. The predicted molar refractivity (Wildman–Crippen MR) is 96.9 cm³/mol. The number of benzene rings is 3. The van der Waals surface area contributed by atoms with Gasteiger partial charge in [0.2, 0.25) is 5.52 Å². The summed E-state index contributed by atoms with van der Waals surface area (Å²) in [5.74, 6) is 0. The van der Waals surface area contributed by atoms with E-state index in [0.29, 0.717) is 0 Å². The monoisotopic (exact) mass is 294 g/mol. The van der Waals surface area contributed by atoms with Gasteiger partial charge < -0.3 is 0 Å². The average molecular weight is 294 g/mol. The molecule has 0 aliphatic carbocycles. The molecule has 0 atom stereocenters. The average Bonchev–Trinajstić information content (AvgIpc) is 2.60. The third-order valence-electron chi connectivity index (χ3n) is 4.75. The van der Waals surface area contributed by atoms with Crippen LogP contribution in [-0.4, -0.2) is 0 Å². The topological polar surface area (TPSA) is 4.10 Å². The van der Waals surface area contributed by atoms with Gasteiger partial charge in [-0.15, -0.1) is 0 Å². The van der Waals surface area contributed by atoms with Gasteiger partial charge in [-0.1, -0.05) is 48.5 Å². The molecule has 0 saturated heterocycles. The van der Waals surface area contributed by atoms with E-state index in [-0.39, 0.29) is 0 Å². The van der Waals surface area contributed by atoms with E-state index in [9.17, 15) is 0 Å². The van der Waals surface area contributed by atoms with Crippen LogP contribution in [0.25, 0.3) is 37.8 Å². The SMILES string of the molecule is Cc1cc[n+]2cc3c4ccccc4c4ccccc4c3cc2c1. The maximum atomic E-state index is 2.32. The summed E-state index contributed by atoms with van der Waals surface area (Å²) >= 11 is 0. The fourth-order valence-corrected chi connectivity index (χ4v) is 3.65. The lowest BCUT2D eigenvalue weighted by Gasteiger charge is -2.09. The molecular weight excluding hydrogens is 278 g/mol. The summed E-state index contributed by atoms with van der Waals surface area (Å²) in [5, 5.41) is 7.92. The van der Waals surface area contributed by atoms with Crippen LogP contribution in [0.15, 0.2) is 79.1 Å². The Labute approximate surface area is 134 Å². The van der Waals surface area contributed by atoms with Crippen LogP contribution in [0.2, 0.25) is 0 Å². The predicted octanol–water partition coefficient (Wildman–Crippen LogP) is 5.19. The van der Waals surface area contributed by atoms with Gasteiger partial charge in [0, 0.05) is 23.6 Å². The highest BCUT2D eigenvalue weighted by Crippen LogP contribution is 2.34. The molecule has 0 fully saturated rings. The normalized spacial score (nSPS) is 11.7. The Bertz CT molecular complexity index is 1220. The van der Waals surface area contributed by atoms with Crippen LogP contribution in [0.4, 0.5) is 0 Å². The summed E-state index contributed by atoms with van der Waals surface area (Å²) in [5.41, 5.74) is 2.52. The van der Waals surface area contributed by atoms with Crippen LogP contribution in [0.1, 0.15) is 5.56 Å². The van der Waals surface area contributed by atoms with Gasteiger partial charge in [-0.3, -0.25) is 0 Å². The van der Waals surface area contributed by atoms with Gasteiger partial charge >= 0.3 is 0 Å². The lowest BCUT2D eigenvalue weighted by molar-refractivity contribution is -0.510. The highest BCUT2D eigenvalue weighted by atomic mass is 14.8. The van der Waals surface area contributed by atoms with E-state index in [1.165, 1.54) is 43.4 Å². The van der Waals surface area contributed by atoms with E-state index in [1.54, 1.807) is 0 Å². The minimum Gasteiger partial charge on any atom is -0.167 e. The van der Waals surface area contributed by atoms with Gasteiger partial charge in [0.15, 0.2) is 12.4 Å². The maximum absolute atomic E-state index is 2.32. The van der Waals surface area contributed by atoms with Crippen molar-refractivity contribution < 1.29 is 4.40 Å². The van der Waals surface area contributed by atoms with Crippen molar-refractivity contribution in [2.24, 2.45) is 0 Å². The summed E-state index contributed by atoms with van der Waals surface area (Å²) in [6, 6.07) is 24.1. The molecular formula is C22H16N+. The van der Waals surface area contributed by atoms with Gasteiger partial charge in [-0.25, -0.2) is 0 Å². The first-order chi connectivity index (χ1) is 11.3. The Morgan fingerprint density at radius 1 is 0.609 bits per heavy atom. The van der Waals surface area contributed by atoms with Crippen LogP contribution in [0.5, 0.6) is 0 Å².